The van der Waals surface area contributed by atoms with E-state index in [0.717, 1.165) is 16.7 Å². The standard InChI is InChI=1S/C28H16ClF5N2O3/c29-23-9-16(4-5-17(23)10-26(37)38)15-2-1-3-18(8-15)25-12-22(28(32,33)34)21(13-35)27(39)36(25)14-19-6-7-20(30)11-24(19)31/h1-9,11-12H,10,14H2,(H,37,38). The predicted octanol–water partition coefficient (Wildman–Crippen LogP) is 6.68. The molecule has 4 aromatic rings. The summed E-state index contributed by atoms with van der Waals surface area (Å²) in [7, 11) is 0. The van der Waals surface area contributed by atoms with E-state index in [1.165, 1.54) is 36.4 Å². The Balaban J connectivity index is 1.92. The summed E-state index contributed by atoms with van der Waals surface area (Å²) in [6.45, 7) is -0.576. The van der Waals surface area contributed by atoms with Gasteiger partial charge in [0, 0.05) is 16.7 Å². The minimum absolute atomic E-state index is 0.132. The molecule has 1 N–H and O–H groups in total. The molecule has 11 heteroatoms. The number of nitrogens with zero attached hydrogens (tertiary/aromatic N) is 2. The van der Waals surface area contributed by atoms with Gasteiger partial charge in [0.2, 0.25) is 0 Å². The molecule has 0 aliphatic rings. The highest BCUT2D eigenvalue weighted by atomic mass is 35.5. The van der Waals surface area contributed by atoms with E-state index in [1.807, 2.05) is 0 Å². The minimum atomic E-state index is -5.04. The molecule has 1 heterocycles. The van der Waals surface area contributed by atoms with Gasteiger partial charge in [0.1, 0.15) is 23.3 Å². The molecule has 0 aliphatic heterocycles. The fourth-order valence-corrected chi connectivity index (χ4v) is 4.33. The number of rotatable bonds is 6. The molecule has 4 rings (SSSR count). The lowest BCUT2D eigenvalue weighted by Gasteiger charge is -2.18. The van der Waals surface area contributed by atoms with Gasteiger partial charge in [-0.15, -0.1) is 0 Å². The van der Waals surface area contributed by atoms with Crippen LogP contribution in [0.4, 0.5) is 22.0 Å². The maximum Gasteiger partial charge on any atom is 0.417 e. The van der Waals surface area contributed by atoms with Crippen LogP contribution in [0.3, 0.4) is 0 Å². The van der Waals surface area contributed by atoms with E-state index in [4.69, 9.17) is 16.7 Å². The van der Waals surface area contributed by atoms with Gasteiger partial charge in [-0.1, -0.05) is 48.0 Å². The van der Waals surface area contributed by atoms with E-state index in [9.17, 15) is 36.8 Å². The Morgan fingerprint density at radius 3 is 2.23 bits per heavy atom. The first-order chi connectivity index (χ1) is 18.4. The number of benzene rings is 3. The van der Waals surface area contributed by atoms with Gasteiger partial charge in [-0.25, -0.2) is 8.78 Å². The van der Waals surface area contributed by atoms with Crippen LogP contribution in [0.1, 0.15) is 22.3 Å². The minimum Gasteiger partial charge on any atom is -0.481 e. The van der Waals surface area contributed by atoms with E-state index in [1.54, 1.807) is 12.1 Å². The van der Waals surface area contributed by atoms with Gasteiger partial charge in [0.15, 0.2) is 0 Å². The van der Waals surface area contributed by atoms with Crippen LogP contribution < -0.4 is 5.56 Å². The number of aromatic nitrogens is 1. The summed E-state index contributed by atoms with van der Waals surface area (Å²) in [5.41, 5.74) is -2.87. The van der Waals surface area contributed by atoms with Crippen LogP contribution in [0.2, 0.25) is 5.02 Å². The van der Waals surface area contributed by atoms with E-state index in [0.29, 0.717) is 28.8 Å². The number of carbonyl (C=O) groups is 1. The van der Waals surface area contributed by atoms with Gasteiger partial charge < -0.3 is 9.67 Å². The average Bonchev–Trinajstić information content (AvgIpc) is 2.86. The highest BCUT2D eigenvalue weighted by Crippen LogP contribution is 2.35. The molecule has 0 radical (unpaired) electrons. The zero-order chi connectivity index (χ0) is 28.5. The van der Waals surface area contributed by atoms with Crippen LogP contribution in [0, 0.1) is 23.0 Å². The van der Waals surface area contributed by atoms with E-state index < -0.39 is 47.0 Å². The SMILES string of the molecule is N#Cc1c(C(F)(F)F)cc(-c2cccc(-c3ccc(CC(=O)O)c(Cl)c3)c2)n(Cc2ccc(F)cc2F)c1=O. The second kappa shape index (κ2) is 10.7. The van der Waals surface area contributed by atoms with Crippen molar-refractivity contribution in [2.24, 2.45) is 0 Å². The van der Waals surface area contributed by atoms with Crippen molar-refractivity contribution in [2.75, 3.05) is 0 Å². The second-order valence-corrected chi connectivity index (χ2v) is 8.92. The Kier molecular flexibility index (Phi) is 7.56. The van der Waals surface area contributed by atoms with Gasteiger partial charge in [-0.2, -0.15) is 18.4 Å². The number of aliphatic carboxylic acids is 1. The zero-order valence-corrected chi connectivity index (χ0v) is 20.4. The normalized spacial score (nSPS) is 11.3. The molecule has 198 valence electrons. The molecular formula is C28H16ClF5N2O3. The van der Waals surface area contributed by atoms with Crippen LogP contribution in [0.5, 0.6) is 0 Å². The first-order valence-corrected chi connectivity index (χ1v) is 11.6. The Labute approximate surface area is 222 Å². The summed E-state index contributed by atoms with van der Waals surface area (Å²) in [5, 5.41) is 18.5. The van der Waals surface area contributed by atoms with Crippen molar-refractivity contribution in [3.8, 4) is 28.5 Å². The Hall–Kier alpha value is -4.49. The van der Waals surface area contributed by atoms with Crippen LogP contribution in [-0.4, -0.2) is 15.6 Å². The largest absolute Gasteiger partial charge is 0.481 e. The molecular weight excluding hydrogens is 543 g/mol. The maximum atomic E-state index is 14.4. The Morgan fingerprint density at radius 2 is 1.62 bits per heavy atom. The molecule has 0 unspecified atom stereocenters. The third-order valence-electron chi connectivity index (χ3n) is 5.95. The second-order valence-electron chi connectivity index (χ2n) is 8.51. The molecule has 0 bridgehead atoms. The highest BCUT2D eigenvalue weighted by molar-refractivity contribution is 6.31. The summed E-state index contributed by atoms with van der Waals surface area (Å²) >= 11 is 6.22. The van der Waals surface area contributed by atoms with Crippen LogP contribution in [0.15, 0.2) is 71.5 Å². The topological polar surface area (TPSA) is 83.1 Å². The van der Waals surface area contributed by atoms with Crippen molar-refractivity contribution in [1.82, 2.24) is 4.57 Å². The number of alkyl halides is 3. The van der Waals surface area contributed by atoms with Gasteiger partial charge >= 0.3 is 12.1 Å². The molecule has 0 fully saturated rings. The molecule has 0 saturated carbocycles. The smallest absolute Gasteiger partial charge is 0.417 e. The highest BCUT2D eigenvalue weighted by Gasteiger charge is 2.36. The third kappa shape index (κ3) is 5.84. The van der Waals surface area contributed by atoms with Crippen molar-refractivity contribution < 1.29 is 31.9 Å². The van der Waals surface area contributed by atoms with Crippen LogP contribution in [-0.2, 0) is 23.9 Å². The molecule has 0 saturated heterocycles. The quantitative estimate of drug-likeness (QED) is 0.268. The third-order valence-corrected chi connectivity index (χ3v) is 6.30. The number of halogens is 6. The molecule has 0 aliphatic carbocycles. The summed E-state index contributed by atoms with van der Waals surface area (Å²) in [6, 6.07) is 15.2. The lowest BCUT2D eigenvalue weighted by molar-refractivity contribution is -0.138. The number of hydrogen-bond donors (Lipinski definition) is 1. The molecule has 5 nitrogen and oxygen atoms in total. The lowest BCUT2D eigenvalue weighted by Crippen LogP contribution is -2.29. The summed E-state index contributed by atoms with van der Waals surface area (Å²) in [5.74, 6) is -2.98. The average molecular weight is 559 g/mol. The number of carboxylic acids is 1. The number of nitriles is 1. The van der Waals surface area contributed by atoms with Crippen LogP contribution >= 0.6 is 11.6 Å². The number of pyridine rings is 1. The molecule has 0 spiro atoms. The lowest BCUT2D eigenvalue weighted by atomic mass is 9.98. The van der Waals surface area contributed by atoms with Crippen molar-refractivity contribution in [2.45, 2.75) is 19.1 Å². The van der Waals surface area contributed by atoms with Crippen molar-refractivity contribution >= 4 is 17.6 Å². The fraction of sp³-hybridized carbons (Fsp3) is 0.107. The van der Waals surface area contributed by atoms with Gasteiger partial charge in [0.25, 0.3) is 5.56 Å². The molecule has 39 heavy (non-hydrogen) atoms. The Morgan fingerprint density at radius 1 is 0.949 bits per heavy atom. The van der Waals surface area contributed by atoms with Crippen molar-refractivity contribution in [3.63, 3.8) is 0 Å². The molecule has 3 aromatic carbocycles. The summed E-state index contributed by atoms with van der Waals surface area (Å²) in [6.07, 6.45) is -5.35. The zero-order valence-electron chi connectivity index (χ0n) is 19.7. The summed E-state index contributed by atoms with van der Waals surface area (Å²) < 4.78 is 70.2. The maximum absolute atomic E-state index is 14.4. The molecule has 0 atom stereocenters. The first-order valence-electron chi connectivity index (χ1n) is 11.2. The van der Waals surface area contributed by atoms with Crippen molar-refractivity contribution in [1.29, 1.82) is 5.26 Å². The molecule has 1 aromatic heterocycles. The van der Waals surface area contributed by atoms with Gasteiger partial charge in [-0.3, -0.25) is 9.59 Å². The Bertz CT molecular complexity index is 1710. The summed E-state index contributed by atoms with van der Waals surface area (Å²) in [4.78, 5) is 24.2. The van der Waals surface area contributed by atoms with E-state index in [2.05, 4.69) is 0 Å². The first kappa shape index (κ1) is 27.5. The van der Waals surface area contributed by atoms with Crippen LogP contribution in [0.25, 0.3) is 22.4 Å². The van der Waals surface area contributed by atoms with Gasteiger partial charge in [-0.05, 0) is 46.5 Å². The predicted molar refractivity (Wildman–Crippen MR) is 133 cm³/mol. The van der Waals surface area contributed by atoms with E-state index in [-0.39, 0.29) is 28.3 Å². The fourth-order valence-electron chi connectivity index (χ4n) is 4.09. The monoisotopic (exact) mass is 558 g/mol. The molecule has 0 amide bonds. The van der Waals surface area contributed by atoms with Crippen molar-refractivity contribution in [3.05, 3.63) is 116 Å². The van der Waals surface area contributed by atoms with E-state index >= 15 is 0 Å². The number of carboxylic acid groups (broad SMARTS) is 1. The number of hydrogen-bond acceptors (Lipinski definition) is 3. The van der Waals surface area contributed by atoms with Gasteiger partial charge in [0.05, 0.1) is 24.2 Å².